The van der Waals surface area contributed by atoms with Crippen LogP contribution < -0.4 is 0 Å². The molecule has 0 bridgehead atoms. The summed E-state index contributed by atoms with van der Waals surface area (Å²) in [4.78, 5) is 0. The highest BCUT2D eigenvalue weighted by molar-refractivity contribution is 4.85. The van der Waals surface area contributed by atoms with Gasteiger partial charge < -0.3 is 0 Å². The molecule has 0 spiro atoms. The Hall–Kier alpha value is -0.260. The third-order valence-corrected chi connectivity index (χ3v) is 2.76. The van der Waals surface area contributed by atoms with E-state index in [1.54, 1.807) is 0 Å². The van der Waals surface area contributed by atoms with Crippen molar-refractivity contribution in [3.05, 3.63) is 18.6 Å². The molecule has 1 aliphatic rings. The Morgan fingerprint density at radius 2 is 2.08 bits per heavy atom. The molecule has 69 valence electrons. The quantitative estimate of drug-likeness (QED) is 0.552. The van der Waals surface area contributed by atoms with Crippen molar-refractivity contribution >= 4 is 0 Å². The summed E-state index contributed by atoms with van der Waals surface area (Å²) in [6.45, 7) is 2.17. The third kappa shape index (κ3) is 3.94. The number of hydrogen-bond acceptors (Lipinski definition) is 0. The van der Waals surface area contributed by atoms with Gasteiger partial charge in [0.15, 0.2) is 0 Å². The lowest BCUT2D eigenvalue weighted by Crippen LogP contribution is -2.01. The molecule has 0 nitrogen and oxygen atoms in total. The summed E-state index contributed by atoms with van der Waals surface area (Å²) in [5.41, 5.74) is 0. The summed E-state index contributed by atoms with van der Waals surface area (Å²) in [5.74, 6) is 1.01. The Morgan fingerprint density at radius 1 is 1.25 bits per heavy atom. The highest BCUT2D eigenvalue weighted by Gasteiger charge is 2.07. The molecule has 0 fully saturated rings. The van der Waals surface area contributed by atoms with Crippen LogP contribution in [0, 0.1) is 12.3 Å². The van der Waals surface area contributed by atoms with Crippen molar-refractivity contribution in [3.8, 4) is 0 Å². The van der Waals surface area contributed by atoms with E-state index in [-0.39, 0.29) is 0 Å². The second-order valence-electron chi connectivity index (χ2n) is 3.83. The first kappa shape index (κ1) is 9.83. The average molecular weight is 165 g/mol. The van der Waals surface area contributed by atoms with Crippen LogP contribution in [-0.4, -0.2) is 0 Å². The lowest BCUT2D eigenvalue weighted by atomic mass is 9.90. The molecule has 1 aliphatic carbocycles. The van der Waals surface area contributed by atoms with E-state index < -0.39 is 0 Å². The van der Waals surface area contributed by atoms with Crippen molar-refractivity contribution in [2.45, 2.75) is 51.9 Å². The van der Waals surface area contributed by atoms with Crippen LogP contribution in [0.3, 0.4) is 0 Å². The summed E-state index contributed by atoms with van der Waals surface area (Å²) >= 11 is 0. The lowest BCUT2D eigenvalue weighted by molar-refractivity contribution is 0.406. The molecule has 0 heteroatoms. The molecule has 0 N–H and O–H groups in total. The predicted molar refractivity (Wildman–Crippen MR) is 54.9 cm³/mol. The largest absolute Gasteiger partial charge is 0.0885 e. The molecule has 0 aromatic rings. The van der Waals surface area contributed by atoms with E-state index in [1.807, 2.05) is 0 Å². The lowest BCUT2D eigenvalue weighted by Gasteiger charge is -2.16. The van der Waals surface area contributed by atoms with E-state index in [2.05, 4.69) is 25.5 Å². The molecule has 0 amide bonds. The zero-order valence-corrected chi connectivity index (χ0v) is 8.26. The summed E-state index contributed by atoms with van der Waals surface area (Å²) < 4.78 is 0. The minimum atomic E-state index is 1.01. The summed E-state index contributed by atoms with van der Waals surface area (Å²) in [7, 11) is 0. The van der Waals surface area contributed by atoms with E-state index in [1.165, 1.54) is 44.9 Å². The molecule has 1 unspecified atom stereocenters. The number of hydrogen-bond donors (Lipinski definition) is 0. The van der Waals surface area contributed by atoms with E-state index in [0.717, 1.165) is 5.92 Å². The Bertz CT molecular complexity index is 124. The smallest absolute Gasteiger partial charge is 0.0348 e. The molecule has 0 aliphatic heterocycles. The minimum Gasteiger partial charge on any atom is -0.0885 e. The average Bonchev–Trinajstić information content (AvgIpc) is 2.02. The fourth-order valence-electron chi connectivity index (χ4n) is 1.93. The molecule has 12 heavy (non-hydrogen) atoms. The fourth-order valence-corrected chi connectivity index (χ4v) is 1.93. The molecule has 0 heterocycles. The van der Waals surface area contributed by atoms with Gasteiger partial charge in [-0.1, -0.05) is 38.3 Å². The van der Waals surface area contributed by atoms with Crippen molar-refractivity contribution in [1.29, 1.82) is 0 Å². The van der Waals surface area contributed by atoms with Crippen LogP contribution in [-0.2, 0) is 0 Å². The van der Waals surface area contributed by atoms with Crippen molar-refractivity contribution in [1.82, 2.24) is 0 Å². The van der Waals surface area contributed by atoms with E-state index in [0.29, 0.717) is 0 Å². The highest BCUT2D eigenvalue weighted by atomic mass is 14.1. The fraction of sp³-hybridized carbons (Fsp3) is 0.750. The van der Waals surface area contributed by atoms with Crippen LogP contribution in [0.2, 0.25) is 0 Å². The van der Waals surface area contributed by atoms with Gasteiger partial charge in [-0.3, -0.25) is 0 Å². The Balaban J connectivity index is 2.18. The van der Waals surface area contributed by atoms with E-state index in [9.17, 15) is 0 Å². The van der Waals surface area contributed by atoms with Crippen molar-refractivity contribution in [2.24, 2.45) is 5.92 Å². The molecule has 0 saturated carbocycles. The van der Waals surface area contributed by atoms with Gasteiger partial charge in [-0.05, 0) is 38.0 Å². The molecule has 1 atom stereocenters. The van der Waals surface area contributed by atoms with Crippen molar-refractivity contribution in [2.75, 3.05) is 0 Å². The second kappa shape index (κ2) is 6.28. The van der Waals surface area contributed by atoms with Gasteiger partial charge in [0.05, 0.1) is 0 Å². The molecule has 0 aromatic heterocycles. The first-order chi connectivity index (χ1) is 5.93. The van der Waals surface area contributed by atoms with Crippen LogP contribution in [0.4, 0.5) is 0 Å². The first-order valence-electron chi connectivity index (χ1n) is 5.36. The van der Waals surface area contributed by atoms with Crippen LogP contribution in [0.15, 0.2) is 12.2 Å². The monoisotopic (exact) mass is 165 g/mol. The highest BCUT2D eigenvalue weighted by Crippen LogP contribution is 2.23. The summed E-state index contributed by atoms with van der Waals surface area (Å²) in [5, 5.41) is 0. The van der Waals surface area contributed by atoms with Gasteiger partial charge in [0.2, 0.25) is 0 Å². The zero-order valence-electron chi connectivity index (χ0n) is 8.26. The van der Waals surface area contributed by atoms with Crippen LogP contribution in [0.1, 0.15) is 51.9 Å². The van der Waals surface area contributed by atoms with Crippen LogP contribution in [0.5, 0.6) is 0 Å². The molecular formula is C12H21. The van der Waals surface area contributed by atoms with Gasteiger partial charge in [0, 0.05) is 0 Å². The SMILES string of the molecule is C[CH]CCC1CCC=CCCC1. The maximum atomic E-state index is 2.36. The number of rotatable bonds is 3. The maximum Gasteiger partial charge on any atom is -0.0348 e. The molecule has 0 aromatic carbocycles. The summed E-state index contributed by atoms with van der Waals surface area (Å²) in [6, 6.07) is 0. The third-order valence-electron chi connectivity index (χ3n) is 2.76. The van der Waals surface area contributed by atoms with Crippen LogP contribution in [0.25, 0.3) is 0 Å². The predicted octanol–water partition coefficient (Wildman–Crippen LogP) is 4.13. The first-order valence-corrected chi connectivity index (χ1v) is 5.36. The van der Waals surface area contributed by atoms with Gasteiger partial charge in [0.25, 0.3) is 0 Å². The van der Waals surface area contributed by atoms with E-state index >= 15 is 0 Å². The number of unbranched alkanes of at least 4 members (excludes halogenated alkanes) is 1. The number of allylic oxidation sites excluding steroid dienone is 2. The van der Waals surface area contributed by atoms with Gasteiger partial charge in [-0.15, -0.1) is 0 Å². The zero-order chi connectivity index (χ0) is 8.65. The maximum absolute atomic E-state index is 2.36. The van der Waals surface area contributed by atoms with Gasteiger partial charge in [0.1, 0.15) is 0 Å². The van der Waals surface area contributed by atoms with Crippen LogP contribution >= 0.6 is 0 Å². The molecule has 1 radical (unpaired) electrons. The van der Waals surface area contributed by atoms with Crippen molar-refractivity contribution in [3.63, 3.8) is 0 Å². The van der Waals surface area contributed by atoms with Gasteiger partial charge in [-0.2, -0.15) is 0 Å². The Labute approximate surface area is 77.1 Å². The molecule has 1 rings (SSSR count). The topological polar surface area (TPSA) is 0 Å². The Morgan fingerprint density at radius 3 is 2.92 bits per heavy atom. The normalized spacial score (nSPS) is 24.9. The molecular weight excluding hydrogens is 144 g/mol. The van der Waals surface area contributed by atoms with Crippen molar-refractivity contribution < 1.29 is 0 Å². The minimum absolute atomic E-state index is 1.01. The van der Waals surface area contributed by atoms with Gasteiger partial charge in [-0.25, -0.2) is 0 Å². The van der Waals surface area contributed by atoms with E-state index in [4.69, 9.17) is 0 Å². The Kier molecular flexibility index (Phi) is 5.14. The van der Waals surface area contributed by atoms with Gasteiger partial charge >= 0.3 is 0 Å². The molecule has 0 saturated heterocycles. The standard InChI is InChI=1S/C12H21/c1-2-3-9-12-10-7-5-4-6-8-11-12/h2,4-5,12H,3,6-11H2,1H3. The summed E-state index contributed by atoms with van der Waals surface area (Å²) in [6.07, 6.45) is 16.7. The second-order valence-corrected chi connectivity index (χ2v) is 3.83.